The summed E-state index contributed by atoms with van der Waals surface area (Å²) in [5.41, 5.74) is 4.19. The zero-order valence-corrected chi connectivity index (χ0v) is 11.0. The largest absolute Gasteiger partial charge is 0.480 e. The monoisotopic (exact) mass is 265 g/mol. The first kappa shape index (κ1) is 13.6. The summed E-state index contributed by atoms with van der Waals surface area (Å²) >= 11 is 0. The Kier molecular flexibility index (Phi) is 3.59. The topological polar surface area (TPSA) is 98.2 Å². The van der Waals surface area contributed by atoms with E-state index < -0.39 is 17.3 Å². The molecular formula is C13H19N3O3. The van der Waals surface area contributed by atoms with Crippen LogP contribution in [0.1, 0.15) is 44.3 Å². The summed E-state index contributed by atoms with van der Waals surface area (Å²) < 4.78 is 1.88. The normalized spacial score (nSPS) is 19.2. The summed E-state index contributed by atoms with van der Waals surface area (Å²) in [6, 6.07) is 2.17. The van der Waals surface area contributed by atoms with Gasteiger partial charge in [-0.3, -0.25) is 14.3 Å². The third-order valence-electron chi connectivity index (χ3n) is 3.91. The minimum atomic E-state index is -1.60. The van der Waals surface area contributed by atoms with E-state index in [1.54, 1.807) is 6.07 Å². The third kappa shape index (κ3) is 2.62. The van der Waals surface area contributed by atoms with Crippen molar-refractivity contribution < 1.29 is 14.7 Å². The summed E-state index contributed by atoms with van der Waals surface area (Å²) in [6.45, 7) is 1.34. The molecule has 0 saturated heterocycles. The Morgan fingerprint density at radius 3 is 2.68 bits per heavy atom. The lowest BCUT2D eigenvalue weighted by Crippen LogP contribution is -2.43. The van der Waals surface area contributed by atoms with Crippen molar-refractivity contribution in [1.29, 1.82) is 0 Å². The zero-order chi connectivity index (χ0) is 14.0. The van der Waals surface area contributed by atoms with Crippen LogP contribution in [0, 0.1) is 5.41 Å². The van der Waals surface area contributed by atoms with E-state index in [0.29, 0.717) is 11.7 Å². The molecule has 1 aromatic rings. The highest BCUT2D eigenvalue weighted by molar-refractivity contribution is 6.00. The fraction of sp³-hybridized carbons (Fsp3) is 0.615. The minimum Gasteiger partial charge on any atom is -0.480 e. The van der Waals surface area contributed by atoms with Gasteiger partial charge in [-0.05, 0) is 25.8 Å². The van der Waals surface area contributed by atoms with E-state index in [1.807, 2.05) is 10.9 Å². The van der Waals surface area contributed by atoms with Crippen molar-refractivity contribution in [1.82, 2.24) is 9.78 Å². The number of amides is 1. The molecule has 1 aliphatic carbocycles. The van der Waals surface area contributed by atoms with Gasteiger partial charge in [0.25, 0.3) is 0 Å². The lowest BCUT2D eigenvalue weighted by molar-refractivity contribution is -0.153. The fourth-order valence-corrected chi connectivity index (χ4v) is 2.47. The van der Waals surface area contributed by atoms with E-state index in [4.69, 9.17) is 10.8 Å². The summed E-state index contributed by atoms with van der Waals surface area (Å²) in [5, 5.41) is 13.5. The number of nitrogens with two attached hydrogens (primary N) is 1. The first-order valence-corrected chi connectivity index (χ1v) is 6.51. The molecule has 1 aliphatic rings. The number of carboxylic acids is 1. The van der Waals surface area contributed by atoms with Crippen LogP contribution < -0.4 is 5.73 Å². The Morgan fingerprint density at radius 2 is 2.16 bits per heavy atom. The summed E-state index contributed by atoms with van der Waals surface area (Å²) in [5.74, 6) is -2.05. The molecule has 1 heterocycles. The number of carboxylic acid groups (broad SMARTS) is 1. The fourth-order valence-electron chi connectivity index (χ4n) is 2.47. The molecule has 1 amide bonds. The number of primary amides is 1. The maximum absolute atomic E-state index is 11.3. The molecule has 0 bridgehead atoms. The van der Waals surface area contributed by atoms with Gasteiger partial charge in [0.2, 0.25) is 5.91 Å². The number of aliphatic carboxylic acids is 1. The molecular weight excluding hydrogens is 246 g/mol. The second-order valence-corrected chi connectivity index (χ2v) is 5.40. The molecule has 0 radical (unpaired) electrons. The van der Waals surface area contributed by atoms with E-state index in [-0.39, 0.29) is 6.42 Å². The molecule has 0 spiro atoms. The predicted octanol–water partition coefficient (Wildman–Crippen LogP) is 1.12. The molecule has 1 fully saturated rings. The van der Waals surface area contributed by atoms with Crippen LogP contribution in [-0.4, -0.2) is 26.8 Å². The van der Waals surface area contributed by atoms with Gasteiger partial charge in [-0.15, -0.1) is 0 Å². The Labute approximate surface area is 111 Å². The highest BCUT2D eigenvalue weighted by Gasteiger charge is 2.40. The van der Waals surface area contributed by atoms with Crippen molar-refractivity contribution in [3.63, 3.8) is 0 Å². The highest BCUT2D eigenvalue weighted by atomic mass is 16.4. The van der Waals surface area contributed by atoms with Crippen molar-refractivity contribution in [2.24, 2.45) is 11.1 Å². The van der Waals surface area contributed by atoms with Crippen molar-refractivity contribution in [3.8, 4) is 0 Å². The number of nitrogens with zero attached hydrogens (tertiary/aromatic N) is 2. The molecule has 1 saturated carbocycles. The lowest BCUT2D eigenvalue weighted by atomic mass is 9.85. The summed E-state index contributed by atoms with van der Waals surface area (Å²) in [4.78, 5) is 22.5. The Hall–Kier alpha value is -1.85. The Balaban J connectivity index is 2.14. The molecule has 6 nitrogen and oxygen atoms in total. The van der Waals surface area contributed by atoms with Crippen molar-refractivity contribution >= 4 is 11.9 Å². The molecule has 1 aromatic heterocycles. The molecule has 2 rings (SSSR count). The van der Waals surface area contributed by atoms with Crippen LogP contribution in [0.25, 0.3) is 0 Å². The lowest BCUT2D eigenvalue weighted by Gasteiger charge is -2.19. The average Bonchev–Trinajstić information content (AvgIpc) is 2.97. The first-order valence-electron chi connectivity index (χ1n) is 6.51. The second kappa shape index (κ2) is 5.03. The molecule has 3 N–H and O–H groups in total. The quantitative estimate of drug-likeness (QED) is 0.779. The number of carbonyl (C=O) groups is 2. The first-order chi connectivity index (χ1) is 8.93. The van der Waals surface area contributed by atoms with Gasteiger partial charge in [-0.2, -0.15) is 5.10 Å². The van der Waals surface area contributed by atoms with Gasteiger partial charge in [0, 0.05) is 12.6 Å². The molecule has 1 atom stereocenters. The van der Waals surface area contributed by atoms with E-state index in [1.165, 1.54) is 19.8 Å². The van der Waals surface area contributed by atoms with Crippen molar-refractivity contribution in [2.75, 3.05) is 0 Å². The van der Waals surface area contributed by atoms with Crippen molar-refractivity contribution in [2.45, 2.75) is 45.1 Å². The number of aromatic nitrogens is 2. The van der Waals surface area contributed by atoms with Gasteiger partial charge >= 0.3 is 5.97 Å². The highest BCUT2D eigenvalue weighted by Crippen LogP contribution is 2.29. The molecule has 6 heteroatoms. The van der Waals surface area contributed by atoms with E-state index in [0.717, 1.165) is 12.8 Å². The van der Waals surface area contributed by atoms with Crippen LogP contribution in [0.2, 0.25) is 0 Å². The van der Waals surface area contributed by atoms with Crippen LogP contribution in [0.15, 0.2) is 12.3 Å². The van der Waals surface area contributed by atoms with Gasteiger partial charge < -0.3 is 10.8 Å². The number of hydrogen-bond donors (Lipinski definition) is 2. The average molecular weight is 265 g/mol. The number of carbonyl (C=O) groups excluding carboxylic acids is 1. The molecule has 0 aromatic carbocycles. The molecule has 0 aliphatic heterocycles. The van der Waals surface area contributed by atoms with Gasteiger partial charge in [0.1, 0.15) is 5.41 Å². The van der Waals surface area contributed by atoms with Gasteiger partial charge in [0.05, 0.1) is 11.7 Å². The number of rotatable bonds is 5. The van der Waals surface area contributed by atoms with Crippen LogP contribution in [0.3, 0.4) is 0 Å². The van der Waals surface area contributed by atoms with E-state index in [9.17, 15) is 9.59 Å². The molecule has 1 unspecified atom stereocenters. The van der Waals surface area contributed by atoms with Gasteiger partial charge in [0.15, 0.2) is 0 Å². The SMILES string of the molecule is CC(Cc1ccn(C2CCCC2)n1)(C(N)=O)C(=O)O. The zero-order valence-electron chi connectivity index (χ0n) is 11.0. The Bertz CT molecular complexity index is 475. The van der Waals surface area contributed by atoms with Gasteiger partial charge in [-0.25, -0.2) is 0 Å². The number of hydrogen-bond acceptors (Lipinski definition) is 3. The van der Waals surface area contributed by atoms with Crippen LogP contribution in [0.4, 0.5) is 0 Å². The summed E-state index contributed by atoms with van der Waals surface area (Å²) in [6.07, 6.45) is 6.49. The Morgan fingerprint density at radius 1 is 1.53 bits per heavy atom. The maximum atomic E-state index is 11.3. The van der Waals surface area contributed by atoms with E-state index >= 15 is 0 Å². The summed E-state index contributed by atoms with van der Waals surface area (Å²) in [7, 11) is 0. The maximum Gasteiger partial charge on any atom is 0.319 e. The van der Waals surface area contributed by atoms with Crippen LogP contribution in [-0.2, 0) is 16.0 Å². The smallest absolute Gasteiger partial charge is 0.319 e. The van der Waals surface area contributed by atoms with Crippen LogP contribution in [0.5, 0.6) is 0 Å². The second-order valence-electron chi connectivity index (χ2n) is 5.40. The predicted molar refractivity (Wildman–Crippen MR) is 68.4 cm³/mol. The molecule has 19 heavy (non-hydrogen) atoms. The van der Waals surface area contributed by atoms with Crippen LogP contribution >= 0.6 is 0 Å². The minimum absolute atomic E-state index is 0.0252. The standard InChI is InChI=1S/C13H19N3O3/c1-13(11(14)17,12(18)19)8-9-6-7-16(15-9)10-4-2-3-5-10/h6-7,10H,2-5,8H2,1H3,(H2,14,17)(H,18,19). The third-order valence-corrected chi connectivity index (χ3v) is 3.91. The van der Waals surface area contributed by atoms with E-state index in [2.05, 4.69) is 5.10 Å². The van der Waals surface area contributed by atoms with Gasteiger partial charge in [-0.1, -0.05) is 12.8 Å². The van der Waals surface area contributed by atoms with Crippen molar-refractivity contribution in [3.05, 3.63) is 18.0 Å². The molecule has 104 valence electrons.